The average molecular weight is 277 g/mol. The van der Waals surface area contributed by atoms with Crippen molar-refractivity contribution in [3.05, 3.63) is 11.9 Å². The molecule has 2 aliphatic rings. The summed E-state index contributed by atoms with van der Waals surface area (Å²) in [6.07, 6.45) is 3.84. The number of nitrogens with zero attached hydrogens (tertiary/aromatic N) is 3. The number of aromatic nitrogens is 2. The van der Waals surface area contributed by atoms with Gasteiger partial charge in [-0.1, -0.05) is 0 Å². The van der Waals surface area contributed by atoms with Gasteiger partial charge in [0.1, 0.15) is 0 Å². The number of nitrogens with two attached hydrogens (primary N) is 1. The second-order valence-corrected chi connectivity index (χ2v) is 5.62. The molecule has 2 fully saturated rings. The minimum Gasteiger partial charge on any atom is -0.396 e. The molecule has 0 aromatic carbocycles. The van der Waals surface area contributed by atoms with Crippen LogP contribution in [0.1, 0.15) is 29.8 Å². The second kappa shape index (κ2) is 4.81. The summed E-state index contributed by atoms with van der Waals surface area (Å²) in [7, 11) is 1.75. The lowest BCUT2D eigenvalue weighted by molar-refractivity contribution is -0.125. The van der Waals surface area contributed by atoms with E-state index in [0.717, 1.165) is 12.8 Å². The molecule has 108 valence electrons. The lowest BCUT2D eigenvalue weighted by atomic mass is 9.85. The van der Waals surface area contributed by atoms with Gasteiger partial charge in [0.25, 0.3) is 5.91 Å². The summed E-state index contributed by atoms with van der Waals surface area (Å²) in [6, 6.07) is 0.210. The highest BCUT2D eigenvalue weighted by Crippen LogP contribution is 2.26. The van der Waals surface area contributed by atoms with Crippen molar-refractivity contribution in [1.82, 2.24) is 20.0 Å². The van der Waals surface area contributed by atoms with E-state index in [0.29, 0.717) is 36.8 Å². The summed E-state index contributed by atoms with van der Waals surface area (Å²) in [6.45, 7) is 1.30. The summed E-state index contributed by atoms with van der Waals surface area (Å²) in [4.78, 5) is 25.6. The summed E-state index contributed by atoms with van der Waals surface area (Å²) in [5.41, 5.74) is 6.55. The van der Waals surface area contributed by atoms with Crippen LogP contribution in [0.3, 0.4) is 0 Å². The highest BCUT2D eigenvalue weighted by atomic mass is 16.2. The first-order chi connectivity index (χ1) is 9.54. The molecule has 3 heterocycles. The molecule has 0 bridgehead atoms. The quantitative estimate of drug-likeness (QED) is 0.740. The molecule has 7 nitrogen and oxygen atoms in total. The number of hydrogen-bond donors (Lipinski definition) is 2. The maximum Gasteiger partial charge on any atom is 0.276 e. The van der Waals surface area contributed by atoms with Gasteiger partial charge < -0.3 is 16.0 Å². The van der Waals surface area contributed by atoms with Gasteiger partial charge in [0.05, 0.1) is 5.69 Å². The van der Waals surface area contributed by atoms with E-state index in [4.69, 9.17) is 5.73 Å². The van der Waals surface area contributed by atoms with E-state index in [-0.39, 0.29) is 17.9 Å². The molecule has 2 aliphatic heterocycles. The van der Waals surface area contributed by atoms with Crippen molar-refractivity contribution in [2.24, 2.45) is 13.0 Å². The van der Waals surface area contributed by atoms with Crippen LogP contribution in [0.5, 0.6) is 0 Å². The number of carbonyl (C=O) groups is 2. The van der Waals surface area contributed by atoms with Crippen molar-refractivity contribution in [1.29, 1.82) is 0 Å². The van der Waals surface area contributed by atoms with Crippen molar-refractivity contribution in [2.75, 3.05) is 18.8 Å². The molecule has 0 spiro atoms. The number of piperidine rings is 2. The molecule has 1 aromatic heterocycles. The smallest absolute Gasteiger partial charge is 0.276 e. The van der Waals surface area contributed by atoms with Gasteiger partial charge in [0, 0.05) is 38.8 Å². The normalized spacial score (nSPS) is 26.1. The number of amides is 2. The number of nitrogen functional groups attached to an aromatic ring is 1. The number of anilines is 1. The van der Waals surface area contributed by atoms with Gasteiger partial charge in [-0.25, -0.2) is 0 Å². The van der Waals surface area contributed by atoms with Crippen molar-refractivity contribution in [3.8, 4) is 0 Å². The third-order valence-corrected chi connectivity index (χ3v) is 4.17. The Balaban J connectivity index is 1.71. The zero-order valence-electron chi connectivity index (χ0n) is 11.5. The Labute approximate surface area is 117 Å². The molecular formula is C13H19N5O2. The Morgan fingerprint density at radius 1 is 1.50 bits per heavy atom. The van der Waals surface area contributed by atoms with Gasteiger partial charge >= 0.3 is 0 Å². The second-order valence-electron chi connectivity index (χ2n) is 5.62. The molecule has 0 aliphatic carbocycles. The van der Waals surface area contributed by atoms with Crippen LogP contribution in [0.4, 0.5) is 5.69 Å². The third-order valence-electron chi connectivity index (χ3n) is 4.17. The van der Waals surface area contributed by atoms with E-state index in [2.05, 4.69) is 10.4 Å². The van der Waals surface area contributed by atoms with Gasteiger partial charge in [-0.05, 0) is 18.8 Å². The van der Waals surface area contributed by atoms with Gasteiger partial charge in [-0.2, -0.15) is 5.10 Å². The summed E-state index contributed by atoms with van der Waals surface area (Å²) < 4.78 is 1.55. The van der Waals surface area contributed by atoms with Crippen LogP contribution in [-0.4, -0.2) is 45.6 Å². The highest BCUT2D eigenvalue weighted by Gasteiger charge is 2.36. The monoisotopic (exact) mass is 277 g/mol. The topological polar surface area (TPSA) is 93.2 Å². The number of fused-ring (bicyclic) bond motifs is 1. The maximum atomic E-state index is 12.5. The van der Waals surface area contributed by atoms with E-state index >= 15 is 0 Å². The van der Waals surface area contributed by atoms with E-state index in [1.807, 2.05) is 0 Å². The van der Waals surface area contributed by atoms with Gasteiger partial charge in [0.2, 0.25) is 5.91 Å². The fraction of sp³-hybridized carbons (Fsp3) is 0.615. The lowest BCUT2D eigenvalue weighted by Gasteiger charge is -2.41. The first-order valence-electron chi connectivity index (χ1n) is 6.92. The molecule has 7 heteroatoms. The fourth-order valence-corrected chi connectivity index (χ4v) is 3.12. The number of nitrogens with one attached hydrogen (secondary N) is 1. The van der Waals surface area contributed by atoms with E-state index < -0.39 is 0 Å². The Morgan fingerprint density at radius 3 is 3.00 bits per heavy atom. The molecule has 2 amide bonds. The molecule has 1 aromatic rings. The Kier molecular flexibility index (Phi) is 3.11. The van der Waals surface area contributed by atoms with Crippen molar-refractivity contribution >= 4 is 17.5 Å². The highest BCUT2D eigenvalue weighted by molar-refractivity contribution is 5.97. The minimum absolute atomic E-state index is 0.113. The van der Waals surface area contributed by atoms with Crippen molar-refractivity contribution in [2.45, 2.75) is 25.3 Å². The maximum absolute atomic E-state index is 12.5. The van der Waals surface area contributed by atoms with Crippen molar-refractivity contribution < 1.29 is 9.59 Å². The van der Waals surface area contributed by atoms with Gasteiger partial charge in [0.15, 0.2) is 5.69 Å². The predicted molar refractivity (Wildman–Crippen MR) is 72.8 cm³/mol. The van der Waals surface area contributed by atoms with Crippen molar-refractivity contribution in [3.63, 3.8) is 0 Å². The standard InChI is InChI=1S/C13H19N5O2/c1-17-7-9(14)12(16-17)13(20)18-5-4-10-8(6-18)2-3-11(19)15-10/h7-8,10H,2-6,14H2,1H3,(H,15,19). The summed E-state index contributed by atoms with van der Waals surface area (Å²) in [5, 5.41) is 7.14. The molecular weight excluding hydrogens is 258 g/mol. The number of carbonyl (C=O) groups excluding carboxylic acids is 2. The zero-order chi connectivity index (χ0) is 14.3. The zero-order valence-corrected chi connectivity index (χ0v) is 11.5. The van der Waals surface area contributed by atoms with Crippen LogP contribution >= 0.6 is 0 Å². The van der Waals surface area contributed by atoms with E-state index in [1.54, 1.807) is 22.8 Å². The minimum atomic E-state index is -0.113. The molecule has 20 heavy (non-hydrogen) atoms. The fourth-order valence-electron chi connectivity index (χ4n) is 3.12. The first-order valence-corrected chi connectivity index (χ1v) is 6.92. The van der Waals surface area contributed by atoms with Gasteiger partial charge in [-0.3, -0.25) is 14.3 Å². The van der Waals surface area contributed by atoms with Crippen LogP contribution in [0.2, 0.25) is 0 Å². The van der Waals surface area contributed by atoms with Crippen LogP contribution in [0.25, 0.3) is 0 Å². The lowest BCUT2D eigenvalue weighted by Crippen LogP contribution is -2.55. The van der Waals surface area contributed by atoms with E-state index in [1.165, 1.54) is 0 Å². The van der Waals surface area contributed by atoms with Crippen LogP contribution in [0.15, 0.2) is 6.20 Å². The number of aryl methyl sites for hydroxylation is 1. The molecule has 0 saturated carbocycles. The molecule has 0 radical (unpaired) electrons. The molecule has 3 N–H and O–H groups in total. The Morgan fingerprint density at radius 2 is 2.30 bits per heavy atom. The van der Waals surface area contributed by atoms with Crippen LogP contribution < -0.4 is 11.1 Å². The van der Waals surface area contributed by atoms with Crippen LogP contribution in [-0.2, 0) is 11.8 Å². The van der Waals surface area contributed by atoms with E-state index in [9.17, 15) is 9.59 Å². The first kappa shape index (κ1) is 13.0. The predicted octanol–water partition coefficient (Wildman–Crippen LogP) is -0.257. The molecule has 2 atom stereocenters. The summed E-state index contributed by atoms with van der Waals surface area (Å²) in [5.74, 6) is 0.355. The summed E-state index contributed by atoms with van der Waals surface area (Å²) >= 11 is 0. The SMILES string of the molecule is Cn1cc(N)c(C(=O)N2CCC3NC(=O)CCC3C2)n1. The Hall–Kier alpha value is -2.05. The number of rotatable bonds is 1. The number of hydrogen-bond acceptors (Lipinski definition) is 4. The molecule has 2 unspecified atom stereocenters. The average Bonchev–Trinajstić information content (AvgIpc) is 2.76. The number of likely N-dealkylation sites (tertiary alicyclic amines) is 1. The largest absolute Gasteiger partial charge is 0.396 e. The van der Waals surface area contributed by atoms with Crippen LogP contribution in [0, 0.1) is 5.92 Å². The Bertz CT molecular complexity index is 553. The van der Waals surface area contributed by atoms with Gasteiger partial charge in [-0.15, -0.1) is 0 Å². The molecule has 3 rings (SSSR count). The molecule has 2 saturated heterocycles. The third kappa shape index (κ3) is 2.23.